The Morgan fingerprint density at radius 1 is 1.46 bits per heavy atom. The zero-order valence-corrected chi connectivity index (χ0v) is 9.18. The van der Waals surface area contributed by atoms with Crippen molar-refractivity contribution in [1.82, 2.24) is 5.32 Å². The molecule has 0 spiro atoms. The Morgan fingerprint density at radius 3 is 2.77 bits per heavy atom. The van der Waals surface area contributed by atoms with E-state index in [2.05, 4.69) is 26.1 Å². The summed E-state index contributed by atoms with van der Waals surface area (Å²) in [6, 6.07) is 0.673. The second kappa shape index (κ2) is 5.61. The lowest BCUT2D eigenvalue weighted by molar-refractivity contribution is 0.0625. The molecule has 0 bridgehead atoms. The number of rotatable bonds is 5. The van der Waals surface area contributed by atoms with Crippen LogP contribution in [0.4, 0.5) is 0 Å². The highest BCUT2D eigenvalue weighted by Crippen LogP contribution is 2.16. The first-order chi connectivity index (χ1) is 6.24. The van der Waals surface area contributed by atoms with E-state index in [4.69, 9.17) is 4.74 Å². The quantitative estimate of drug-likeness (QED) is 0.663. The van der Waals surface area contributed by atoms with Crippen LogP contribution in [0.15, 0.2) is 0 Å². The molecule has 0 unspecified atom stereocenters. The Hall–Kier alpha value is -0.0800. The minimum absolute atomic E-state index is 0.471. The van der Waals surface area contributed by atoms with E-state index in [-0.39, 0.29) is 0 Å². The van der Waals surface area contributed by atoms with Crippen LogP contribution in [0.2, 0.25) is 0 Å². The first kappa shape index (κ1) is 11.0. The van der Waals surface area contributed by atoms with Crippen molar-refractivity contribution >= 4 is 0 Å². The van der Waals surface area contributed by atoms with Crippen LogP contribution in [0.5, 0.6) is 0 Å². The number of nitrogens with one attached hydrogen (secondary N) is 1. The average Bonchev–Trinajstić information content (AvgIpc) is 2.53. The Labute approximate surface area is 82.0 Å². The van der Waals surface area contributed by atoms with Gasteiger partial charge in [0.2, 0.25) is 0 Å². The van der Waals surface area contributed by atoms with Crippen LogP contribution >= 0.6 is 0 Å². The van der Waals surface area contributed by atoms with Gasteiger partial charge in [-0.1, -0.05) is 27.2 Å². The van der Waals surface area contributed by atoms with Crippen molar-refractivity contribution in [3.63, 3.8) is 0 Å². The molecule has 1 heterocycles. The van der Waals surface area contributed by atoms with Gasteiger partial charge in [0.05, 0.1) is 6.10 Å². The van der Waals surface area contributed by atoms with E-state index in [0.717, 1.165) is 19.1 Å². The van der Waals surface area contributed by atoms with Crippen molar-refractivity contribution in [2.24, 2.45) is 5.92 Å². The lowest BCUT2D eigenvalue weighted by Gasteiger charge is -2.14. The van der Waals surface area contributed by atoms with Gasteiger partial charge in [-0.25, -0.2) is 0 Å². The maximum Gasteiger partial charge on any atom is 0.0714 e. The monoisotopic (exact) mass is 185 g/mol. The number of hydrogen-bond acceptors (Lipinski definition) is 2. The van der Waals surface area contributed by atoms with Gasteiger partial charge in [0, 0.05) is 19.2 Å². The van der Waals surface area contributed by atoms with E-state index < -0.39 is 0 Å². The molecule has 1 aliphatic heterocycles. The first-order valence-corrected chi connectivity index (χ1v) is 5.59. The van der Waals surface area contributed by atoms with E-state index in [9.17, 15) is 0 Å². The van der Waals surface area contributed by atoms with Crippen molar-refractivity contribution in [1.29, 1.82) is 0 Å². The molecule has 0 aromatic rings. The summed E-state index contributed by atoms with van der Waals surface area (Å²) in [6.45, 7) is 8.73. The van der Waals surface area contributed by atoms with Gasteiger partial charge in [0.25, 0.3) is 0 Å². The van der Waals surface area contributed by atoms with E-state index in [0.29, 0.717) is 12.1 Å². The molecule has 0 amide bonds. The van der Waals surface area contributed by atoms with Crippen LogP contribution in [0.3, 0.4) is 0 Å². The number of ether oxygens (including phenoxy) is 1. The van der Waals surface area contributed by atoms with Crippen molar-refractivity contribution in [3.05, 3.63) is 0 Å². The van der Waals surface area contributed by atoms with Crippen LogP contribution in [0.25, 0.3) is 0 Å². The zero-order valence-electron chi connectivity index (χ0n) is 9.18. The Bertz CT molecular complexity index is 136. The summed E-state index contributed by atoms with van der Waals surface area (Å²) in [5.41, 5.74) is 0. The van der Waals surface area contributed by atoms with Gasteiger partial charge in [-0.3, -0.25) is 0 Å². The van der Waals surface area contributed by atoms with Gasteiger partial charge in [-0.15, -0.1) is 0 Å². The van der Waals surface area contributed by atoms with Crippen molar-refractivity contribution in [2.75, 3.05) is 13.2 Å². The fourth-order valence-corrected chi connectivity index (χ4v) is 1.76. The molecule has 1 saturated heterocycles. The average molecular weight is 185 g/mol. The van der Waals surface area contributed by atoms with Crippen LogP contribution in [-0.4, -0.2) is 25.3 Å². The van der Waals surface area contributed by atoms with Crippen LogP contribution in [0.1, 0.15) is 40.0 Å². The van der Waals surface area contributed by atoms with E-state index in [1.165, 1.54) is 19.3 Å². The lowest BCUT2D eigenvalue weighted by atomic mass is 10.0. The zero-order chi connectivity index (χ0) is 9.68. The highest BCUT2D eigenvalue weighted by atomic mass is 16.5. The molecule has 0 aromatic carbocycles. The lowest BCUT2D eigenvalue weighted by Crippen LogP contribution is -2.26. The minimum atomic E-state index is 0.471. The molecule has 0 radical (unpaired) electrons. The fraction of sp³-hybridized carbons (Fsp3) is 1.00. The highest BCUT2D eigenvalue weighted by Gasteiger charge is 2.26. The van der Waals surface area contributed by atoms with Crippen molar-refractivity contribution < 1.29 is 4.74 Å². The molecule has 1 rings (SSSR count). The second-order valence-corrected chi connectivity index (χ2v) is 4.34. The number of unbranched alkanes of at least 4 members (excludes halogenated alkanes) is 1. The summed E-state index contributed by atoms with van der Waals surface area (Å²) < 4.78 is 5.76. The molecule has 0 saturated carbocycles. The van der Waals surface area contributed by atoms with Gasteiger partial charge < -0.3 is 10.1 Å². The SMILES string of the molecule is CCCCO[C@H]1CN[C@H](C(C)C)C1. The van der Waals surface area contributed by atoms with Gasteiger partial charge in [-0.05, 0) is 18.8 Å². The molecular formula is C11H23NO. The normalized spacial score (nSPS) is 28.6. The summed E-state index contributed by atoms with van der Waals surface area (Å²) >= 11 is 0. The molecule has 13 heavy (non-hydrogen) atoms. The molecule has 0 aromatic heterocycles. The maximum atomic E-state index is 5.76. The summed E-state index contributed by atoms with van der Waals surface area (Å²) in [4.78, 5) is 0. The van der Waals surface area contributed by atoms with Gasteiger partial charge in [0.15, 0.2) is 0 Å². The smallest absolute Gasteiger partial charge is 0.0714 e. The van der Waals surface area contributed by atoms with Crippen LogP contribution < -0.4 is 5.32 Å². The molecule has 2 atom stereocenters. The summed E-state index contributed by atoms with van der Waals surface area (Å²) in [5.74, 6) is 0.736. The largest absolute Gasteiger partial charge is 0.377 e. The minimum Gasteiger partial charge on any atom is -0.377 e. The summed E-state index contributed by atoms with van der Waals surface area (Å²) in [7, 11) is 0. The van der Waals surface area contributed by atoms with Crippen molar-refractivity contribution in [3.8, 4) is 0 Å². The molecule has 2 heteroatoms. The molecular weight excluding hydrogens is 162 g/mol. The Balaban J connectivity index is 2.10. The first-order valence-electron chi connectivity index (χ1n) is 5.59. The predicted octanol–water partition coefficient (Wildman–Crippen LogP) is 2.19. The van der Waals surface area contributed by atoms with E-state index >= 15 is 0 Å². The van der Waals surface area contributed by atoms with Gasteiger partial charge in [-0.2, -0.15) is 0 Å². The molecule has 1 aliphatic rings. The van der Waals surface area contributed by atoms with Crippen LogP contribution in [-0.2, 0) is 4.74 Å². The predicted molar refractivity (Wildman–Crippen MR) is 55.9 cm³/mol. The summed E-state index contributed by atoms with van der Waals surface area (Å²) in [6.07, 6.45) is 4.09. The third kappa shape index (κ3) is 3.65. The molecule has 1 fully saturated rings. The maximum absolute atomic E-state index is 5.76. The molecule has 78 valence electrons. The fourth-order valence-electron chi connectivity index (χ4n) is 1.76. The van der Waals surface area contributed by atoms with E-state index in [1.54, 1.807) is 0 Å². The van der Waals surface area contributed by atoms with Crippen molar-refractivity contribution in [2.45, 2.75) is 52.2 Å². The van der Waals surface area contributed by atoms with Crippen LogP contribution in [0, 0.1) is 5.92 Å². The standard InChI is InChI=1S/C11H23NO/c1-4-5-6-13-10-7-11(9(2)3)12-8-10/h9-12H,4-8H2,1-3H3/t10-,11+/m1/s1. The van der Waals surface area contributed by atoms with Gasteiger partial charge >= 0.3 is 0 Å². The molecule has 1 N–H and O–H groups in total. The Morgan fingerprint density at radius 2 is 2.23 bits per heavy atom. The van der Waals surface area contributed by atoms with Gasteiger partial charge in [0.1, 0.15) is 0 Å². The topological polar surface area (TPSA) is 21.3 Å². The Kier molecular flexibility index (Phi) is 4.74. The summed E-state index contributed by atoms with van der Waals surface area (Å²) in [5, 5.41) is 3.51. The number of hydrogen-bond donors (Lipinski definition) is 1. The molecule has 2 nitrogen and oxygen atoms in total. The third-order valence-electron chi connectivity index (χ3n) is 2.78. The second-order valence-electron chi connectivity index (χ2n) is 4.34. The molecule has 0 aliphatic carbocycles. The third-order valence-corrected chi connectivity index (χ3v) is 2.78. The van der Waals surface area contributed by atoms with E-state index in [1.807, 2.05) is 0 Å². The highest BCUT2D eigenvalue weighted by molar-refractivity contribution is 4.84.